The molecule has 0 unspecified atom stereocenters. The van der Waals surface area contributed by atoms with Gasteiger partial charge in [-0.15, -0.1) is 0 Å². The first-order valence-corrected chi connectivity index (χ1v) is 6.04. The van der Waals surface area contributed by atoms with E-state index >= 15 is 0 Å². The summed E-state index contributed by atoms with van der Waals surface area (Å²) in [7, 11) is 0. The molecule has 0 radical (unpaired) electrons. The third kappa shape index (κ3) is 3.64. The van der Waals surface area contributed by atoms with Crippen LogP contribution in [0.15, 0.2) is 24.3 Å². The van der Waals surface area contributed by atoms with Crippen LogP contribution in [-0.2, 0) is 12.0 Å². The van der Waals surface area contributed by atoms with E-state index < -0.39 is 0 Å². The van der Waals surface area contributed by atoms with Crippen molar-refractivity contribution < 1.29 is 0 Å². The van der Waals surface area contributed by atoms with E-state index in [9.17, 15) is 0 Å². The Bertz CT molecular complexity index is 345. The minimum atomic E-state index is 0.212. The first-order chi connectivity index (χ1) is 7.24. The zero-order valence-corrected chi connectivity index (χ0v) is 11.3. The molecule has 0 spiro atoms. The lowest BCUT2D eigenvalue weighted by Crippen LogP contribution is -2.25. The zero-order valence-electron chi connectivity index (χ0n) is 11.3. The SMILES string of the molecule is CC(C)(C)CC(C)(C)c1cccc(CN)c1. The van der Waals surface area contributed by atoms with Crippen LogP contribution in [0.4, 0.5) is 0 Å². The molecule has 2 N–H and O–H groups in total. The van der Waals surface area contributed by atoms with Gasteiger partial charge in [-0.25, -0.2) is 0 Å². The van der Waals surface area contributed by atoms with E-state index in [4.69, 9.17) is 5.73 Å². The predicted octanol–water partition coefficient (Wildman–Crippen LogP) is 3.86. The van der Waals surface area contributed by atoms with Gasteiger partial charge in [0.1, 0.15) is 0 Å². The second kappa shape index (κ2) is 4.58. The van der Waals surface area contributed by atoms with Crippen molar-refractivity contribution in [3.05, 3.63) is 35.4 Å². The molecular formula is C15H25N. The second-order valence-electron chi connectivity index (χ2n) is 6.53. The molecule has 0 bridgehead atoms. The lowest BCUT2D eigenvalue weighted by Gasteiger charge is -2.33. The Kier molecular flexibility index (Phi) is 3.80. The van der Waals surface area contributed by atoms with Gasteiger partial charge in [-0.1, -0.05) is 58.9 Å². The molecular weight excluding hydrogens is 194 g/mol. The Morgan fingerprint density at radius 1 is 1.06 bits per heavy atom. The third-order valence-corrected chi connectivity index (χ3v) is 2.92. The number of benzene rings is 1. The maximum absolute atomic E-state index is 5.69. The van der Waals surface area contributed by atoms with Crippen molar-refractivity contribution in [3.8, 4) is 0 Å². The molecule has 1 nitrogen and oxygen atoms in total. The minimum Gasteiger partial charge on any atom is -0.326 e. The van der Waals surface area contributed by atoms with Crippen LogP contribution in [0.3, 0.4) is 0 Å². The summed E-state index contributed by atoms with van der Waals surface area (Å²) >= 11 is 0. The fraction of sp³-hybridized carbons (Fsp3) is 0.600. The largest absolute Gasteiger partial charge is 0.326 e. The summed E-state index contributed by atoms with van der Waals surface area (Å²) in [6.45, 7) is 12.1. The van der Waals surface area contributed by atoms with Gasteiger partial charge >= 0.3 is 0 Å². The fourth-order valence-electron chi connectivity index (χ4n) is 2.55. The molecule has 0 aromatic heterocycles. The molecule has 0 amide bonds. The highest BCUT2D eigenvalue weighted by Crippen LogP contribution is 2.36. The Morgan fingerprint density at radius 2 is 1.69 bits per heavy atom. The van der Waals surface area contributed by atoms with Gasteiger partial charge in [0.15, 0.2) is 0 Å². The fourth-order valence-corrected chi connectivity index (χ4v) is 2.55. The normalized spacial score (nSPS) is 12.9. The topological polar surface area (TPSA) is 26.0 Å². The standard InChI is InChI=1S/C15H25N/c1-14(2,3)11-15(4,5)13-8-6-7-12(9-13)10-16/h6-9H,10-11,16H2,1-5H3. The summed E-state index contributed by atoms with van der Waals surface area (Å²) in [4.78, 5) is 0. The molecule has 0 heterocycles. The van der Waals surface area contributed by atoms with Crippen molar-refractivity contribution in [2.45, 2.75) is 53.0 Å². The number of rotatable bonds is 3. The molecule has 0 aliphatic heterocycles. The van der Waals surface area contributed by atoms with Gasteiger partial charge in [0, 0.05) is 6.54 Å². The van der Waals surface area contributed by atoms with Crippen LogP contribution >= 0.6 is 0 Å². The first-order valence-electron chi connectivity index (χ1n) is 6.04. The van der Waals surface area contributed by atoms with Gasteiger partial charge in [0.25, 0.3) is 0 Å². The van der Waals surface area contributed by atoms with E-state index in [2.05, 4.69) is 58.9 Å². The van der Waals surface area contributed by atoms with Crippen molar-refractivity contribution in [3.63, 3.8) is 0 Å². The average Bonchev–Trinajstić information content (AvgIpc) is 2.14. The summed E-state index contributed by atoms with van der Waals surface area (Å²) < 4.78 is 0. The van der Waals surface area contributed by atoms with Gasteiger partial charge < -0.3 is 5.73 Å². The van der Waals surface area contributed by atoms with Gasteiger partial charge in [0.2, 0.25) is 0 Å². The Morgan fingerprint density at radius 3 is 2.19 bits per heavy atom. The van der Waals surface area contributed by atoms with Crippen LogP contribution in [0.5, 0.6) is 0 Å². The van der Waals surface area contributed by atoms with Crippen LogP contribution in [0.25, 0.3) is 0 Å². The van der Waals surface area contributed by atoms with Crippen molar-refractivity contribution >= 4 is 0 Å². The second-order valence-corrected chi connectivity index (χ2v) is 6.53. The zero-order chi connectivity index (χ0) is 12.4. The summed E-state index contributed by atoms with van der Waals surface area (Å²) in [5, 5.41) is 0. The van der Waals surface area contributed by atoms with E-state index in [1.54, 1.807) is 0 Å². The van der Waals surface area contributed by atoms with E-state index in [0.717, 1.165) is 0 Å². The molecule has 0 saturated carbocycles. The van der Waals surface area contributed by atoms with Crippen LogP contribution in [0.1, 0.15) is 52.2 Å². The van der Waals surface area contributed by atoms with E-state index in [1.807, 2.05) is 0 Å². The van der Waals surface area contributed by atoms with Gasteiger partial charge in [0.05, 0.1) is 0 Å². The van der Waals surface area contributed by atoms with Crippen molar-refractivity contribution in [1.82, 2.24) is 0 Å². The Balaban J connectivity index is 2.97. The highest BCUT2D eigenvalue weighted by atomic mass is 14.5. The smallest absolute Gasteiger partial charge is 0.0178 e. The quantitative estimate of drug-likeness (QED) is 0.820. The van der Waals surface area contributed by atoms with Crippen LogP contribution in [0.2, 0.25) is 0 Å². The Hall–Kier alpha value is -0.820. The molecule has 0 saturated heterocycles. The van der Waals surface area contributed by atoms with E-state index in [0.29, 0.717) is 12.0 Å². The molecule has 0 aliphatic rings. The maximum Gasteiger partial charge on any atom is 0.0178 e. The lowest BCUT2D eigenvalue weighted by molar-refractivity contribution is 0.284. The summed E-state index contributed by atoms with van der Waals surface area (Å²) in [5.74, 6) is 0. The number of hydrogen-bond acceptors (Lipinski definition) is 1. The lowest BCUT2D eigenvalue weighted by atomic mass is 9.72. The van der Waals surface area contributed by atoms with E-state index in [1.165, 1.54) is 17.5 Å². The average molecular weight is 219 g/mol. The monoisotopic (exact) mass is 219 g/mol. The predicted molar refractivity (Wildman–Crippen MR) is 71.4 cm³/mol. The highest BCUT2D eigenvalue weighted by molar-refractivity contribution is 5.29. The molecule has 90 valence electrons. The summed E-state index contributed by atoms with van der Waals surface area (Å²) in [6, 6.07) is 8.66. The molecule has 1 aromatic carbocycles. The van der Waals surface area contributed by atoms with Crippen molar-refractivity contribution in [2.75, 3.05) is 0 Å². The van der Waals surface area contributed by atoms with Crippen molar-refractivity contribution in [2.24, 2.45) is 11.1 Å². The Labute approximate surface area is 100 Å². The summed E-state index contributed by atoms with van der Waals surface area (Å²) in [5.41, 5.74) is 8.87. The van der Waals surface area contributed by atoms with Crippen molar-refractivity contribution in [1.29, 1.82) is 0 Å². The van der Waals surface area contributed by atoms with Crippen LogP contribution in [0, 0.1) is 5.41 Å². The summed E-state index contributed by atoms with van der Waals surface area (Å²) in [6.07, 6.45) is 1.17. The highest BCUT2D eigenvalue weighted by Gasteiger charge is 2.27. The molecule has 1 heteroatoms. The minimum absolute atomic E-state index is 0.212. The maximum atomic E-state index is 5.69. The molecule has 0 atom stereocenters. The molecule has 0 aliphatic carbocycles. The number of hydrogen-bond donors (Lipinski definition) is 1. The molecule has 1 rings (SSSR count). The molecule has 0 fully saturated rings. The van der Waals surface area contributed by atoms with Gasteiger partial charge in [-0.05, 0) is 28.4 Å². The number of nitrogens with two attached hydrogens (primary N) is 1. The molecule has 1 aromatic rings. The third-order valence-electron chi connectivity index (χ3n) is 2.92. The van der Waals surface area contributed by atoms with Gasteiger partial charge in [-0.3, -0.25) is 0 Å². The first kappa shape index (κ1) is 13.2. The van der Waals surface area contributed by atoms with E-state index in [-0.39, 0.29) is 5.41 Å². The van der Waals surface area contributed by atoms with Gasteiger partial charge in [-0.2, -0.15) is 0 Å². The molecule has 16 heavy (non-hydrogen) atoms. The van der Waals surface area contributed by atoms with Crippen LogP contribution in [-0.4, -0.2) is 0 Å². The van der Waals surface area contributed by atoms with Crippen LogP contribution < -0.4 is 5.73 Å².